The van der Waals surface area contributed by atoms with Crippen LogP contribution < -0.4 is 5.32 Å². The van der Waals surface area contributed by atoms with Crippen LogP contribution >= 0.6 is 11.3 Å². The third kappa shape index (κ3) is 3.65. The minimum Gasteiger partial charge on any atom is -0.381 e. The molecule has 1 N–H and O–H groups in total. The van der Waals surface area contributed by atoms with E-state index in [9.17, 15) is 9.18 Å². The maximum absolute atomic E-state index is 13.7. The Hall–Kier alpha value is -1.79. The third-order valence-electron chi connectivity index (χ3n) is 4.45. The Morgan fingerprint density at radius 1 is 1.42 bits per heavy atom. The van der Waals surface area contributed by atoms with Crippen molar-refractivity contribution in [2.45, 2.75) is 31.6 Å². The topological polar surface area (TPSA) is 51.2 Å². The maximum atomic E-state index is 13.7. The van der Waals surface area contributed by atoms with E-state index in [1.165, 1.54) is 12.1 Å². The Labute approximate surface area is 145 Å². The van der Waals surface area contributed by atoms with E-state index in [0.29, 0.717) is 39.0 Å². The molecule has 0 bridgehead atoms. The Bertz CT molecular complexity index is 711. The number of hydrogen-bond donors (Lipinski definition) is 1. The molecule has 0 unspecified atom stereocenters. The van der Waals surface area contributed by atoms with Gasteiger partial charge in [0, 0.05) is 37.3 Å². The zero-order valence-corrected chi connectivity index (χ0v) is 14.5. The fraction of sp³-hybridized carbons (Fsp3) is 0.444. The zero-order valence-electron chi connectivity index (χ0n) is 13.7. The summed E-state index contributed by atoms with van der Waals surface area (Å²) in [6.07, 6.45) is 3.69. The van der Waals surface area contributed by atoms with E-state index in [-0.39, 0.29) is 11.7 Å². The van der Waals surface area contributed by atoms with Gasteiger partial charge in [-0.15, -0.1) is 11.3 Å². The number of amides is 1. The van der Waals surface area contributed by atoms with Crippen LogP contribution in [-0.2, 0) is 21.4 Å². The molecule has 0 radical (unpaired) electrons. The second kappa shape index (κ2) is 7.40. The Kier molecular flexibility index (Phi) is 5.26. The second-order valence-electron chi connectivity index (χ2n) is 6.08. The van der Waals surface area contributed by atoms with E-state index in [2.05, 4.69) is 10.3 Å². The van der Waals surface area contributed by atoms with Crippen molar-refractivity contribution in [2.24, 2.45) is 0 Å². The predicted octanol–water partition coefficient (Wildman–Crippen LogP) is 3.00. The van der Waals surface area contributed by atoms with Crippen LogP contribution in [0.4, 0.5) is 4.39 Å². The number of carbonyl (C=O) groups excluding carboxylic acids is 1. The maximum Gasteiger partial charge on any atom is 0.230 e. The monoisotopic (exact) mass is 348 g/mol. The van der Waals surface area contributed by atoms with Gasteiger partial charge in [0.1, 0.15) is 5.82 Å². The van der Waals surface area contributed by atoms with E-state index in [1.807, 2.05) is 19.2 Å². The molecular formula is C18H21FN2O2S. The van der Waals surface area contributed by atoms with Crippen LogP contribution in [0.15, 0.2) is 30.5 Å². The van der Waals surface area contributed by atoms with Crippen LogP contribution in [0.25, 0.3) is 0 Å². The molecule has 2 heterocycles. The normalized spacial score (nSPS) is 16.8. The first-order valence-electron chi connectivity index (χ1n) is 8.13. The summed E-state index contributed by atoms with van der Waals surface area (Å²) in [6.45, 7) is 3.57. The second-order valence-corrected chi connectivity index (χ2v) is 7.39. The summed E-state index contributed by atoms with van der Waals surface area (Å²) < 4.78 is 19.1. The highest BCUT2D eigenvalue weighted by Crippen LogP contribution is 2.35. The molecule has 0 atom stereocenters. The number of thiazole rings is 1. The minimum atomic E-state index is -0.709. The SMILES string of the molecule is Cc1cnc(CCNC(=O)C2(c3cccc(F)c3)CCOCC2)s1. The first-order chi connectivity index (χ1) is 11.6. The summed E-state index contributed by atoms with van der Waals surface area (Å²) in [5, 5.41) is 4.03. The van der Waals surface area contributed by atoms with Crippen LogP contribution in [0.3, 0.4) is 0 Å². The minimum absolute atomic E-state index is 0.0512. The molecule has 1 amide bonds. The van der Waals surface area contributed by atoms with E-state index >= 15 is 0 Å². The van der Waals surface area contributed by atoms with Crippen molar-refractivity contribution in [3.8, 4) is 0 Å². The van der Waals surface area contributed by atoms with Gasteiger partial charge in [0.2, 0.25) is 5.91 Å². The van der Waals surface area contributed by atoms with Gasteiger partial charge in [-0.25, -0.2) is 9.37 Å². The molecule has 0 aliphatic carbocycles. The number of carbonyl (C=O) groups is 1. The van der Waals surface area contributed by atoms with Crippen LogP contribution in [0.5, 0.6) is 0 Å². The molecule has 1 aliphatic rings. The molecule has 1 aromatic heterocycles. The number of ether oxygens (including phenoxy) is 1. The Morgan fingerprint density at radius 3 is 2.88 bits per heavy atom. The molecule has 2 aromatic rings. The lowest BCUT2D eigenvalue weighted by molar-refractivity contribution is -0.130. The molecule has 3 rings (SSSR count). The predicted molar refractivity (Wildman–Crippen MR) is 91.7 cm³/mol. The molecule has 1 aliphatic heterocycles. The lowest BCUT2D eigenvalue weighted by Crippen LogP contribution is -2.48. The molecule has 1 saturated heterocycles. The van der Waals surface area contributed by atoms with Crippen molar-refractivity contribution in [3.05, 3.63) is 51.7 Å². The molecule has 0 spiro atoms. The van der Waals surface area contributed by atoms with Gasteiger partial charge in [0.25, 0.3) is 0 Å². The van der Waals surface area contributed by atoms with Crippen molar-refractivity contribution in [2.75, 3.05) is 19.8 Å². The van der Waals surface area contributed by atoms with Gasteiger partial charge in [0.05, 0.1) is 10.4 Å². The van der Waals surface area contributed by atoms with E-state index < -0.39 is 5.41 Å². The molecule has 6 heteroatoms. The lowest BCUT2D eigenvalue weighted by Gasteiger charge is -2.36. The molecular weight excluding hydrogens is 327 g/mol. The van der Waals surface area contributed by atoms with Crippen LogP contribution in [-0.4, -0.2) is 30.6 Å². The molecule has 0 saturated carbocycles. The van der Waals surface area contributed by atoms with Gasteiger partial charge >= 0.3 is 0 Å². The largest absolute Gasteiger partial charge is 0.381 e. The lowest BCUT2D eigenvalue weighted by atomic mass is 9.73. The van der Waals surface area contributed by atoms with Crippen molar-refractivity contribution < 1.29 is 13.9 Å². The fourth-order valence-electron chi connectivity index (χ4n) is 3.12. The van der Waals surface area contributed by atoms with Gasteiger partial charge in [-0.2, -0.15) is 0 Å². The number of aromatic nitrogens is 1. The van der Waals surface area contributed by atoms with Gasteiger partial charge in [-0.05, 0) is 37.5 Å². The Morgan fingerprint density at radius 2 is 2.21 bits per heavy atom. The molecule has 24 heavy (non-hydrogen) atoms. The zero-order chi connectivity index (χ0) is 17.0. The summed E-state index contributed by atoms with van der Waals surface area (Å²) in [6, 6.07) is 6.36. The van der Waals surface area contributed by atoms with Crippen LogP contribution in [0.2, 0.25) is 0 Å². The smallest absolute Gasteiger partial charge is 0.230 e. The number of benzene rings is 1. The molecule has 4 nitrogen and oxygen atoms in total. The molecule has 1 fully saturated rings. The third-order valence-corrected chi connectivity index (χ3v) is 5.42. The summed E-state index contributed by atoms with van der Waals surface area (Å²) in [5.41, 5.74) is 0.0208. The number of halogens is 1. The quantitative estimate of drug-likeness (QED) is 0.904. The van der Waals surface area contributed by atoms with Crippen molar-refractivity contribution in [3.63, 3.8) is 0 Å². The van der Waals surface area contributed by atoms with Crippen molar-refractivity contribution >= 4 is 17.2 Å². The summed E-state index contributed by atoms with van der Waals surface area (Å²) in [4.78, 5) is 18.4. The molecule has 1 aromatic carbocycles. The van der Waals surface area contributed by atoms with Gasteiger partial charge in [-0.3, -0.25) is 4.79 Å². The highest BCUT2D eigenvalue weighted by molar-refractivity contribution is 7.11. The van der Waals surface area contributed by atoms with Gasteiger partial charge in [0.15, 0.2) is 0 Å². The molecule has 128 valence electrons. The number of nitrogens with one attached hydrogen (secondary N) is 1. The number of rotatable bonds is 5. The Balaban J connectivity index is 1.72. The first-order valence-corrected chi connectivity index (χ1v) is 8.95. The summed E-state index contributed by atoms with van der Waals surface area (Å²) in [5.74, 6) is -0.367. The summed E-state index contributed by atoms with van der Waals surface area (Å²) >= 11 is 1.64. The van der Waals surface area contributed by atoms with E-state index in [4.69, 9.17) is 4.74 Å². The van der Waals surface area contributed by atoms with Crippen molar-refractivity contribution in [1.82, 2.24) is 10.3 Å². The van der Waals surface area contributed by atoms with E-state index in [0.717, 1.165) is 15.4 Å². The number of hydrogen-bond acceptors (Lipinski definition) is 4. The average molecular weight is 348 g/mol. The standard InChI is InChI=1S/C18H21FN2O2S/c1-13-12-21-16(24-13)5-8-20-17(22)18(6-9-23-10-7-18)14-3-2-4-15(19)11-14/h2-4,11-12H,5-10H2,1H3,(H,20,22). The van der Waals surface area contributed by atoms with Crippen molar-refractivity contribution in [1.29, 1.82) is 0 Å². The highest BCUT2D eigenvalue weighted by Gasteiger charge is 2.41. The van der Waals surface area contributed by atoms with E-state index in [1.54, 1.807) is 17.4 Å². The number of aryl methyl sites for hydroxylation is 1. The number of nitrogens with zero attached hydrogens (tertiary/aromatic N) is 1. The fourth-order valence-corrected chi connectivity index (χ4v) is 3.91. The average Bonchev–Trinajstić information content (AvgIpc) is 3.00. The van der Waals surface area contributed by atoms with Crippen LogP contribution in [0, 0.1) is 12.7 Å². The van der Waals surface area contributed by atoms with Gasteiger partial charge in [-0.1, -0.05) is 12.1 Å². The van der Waals surface area contributed by atoms with Gasteiger partial charge < -0.3 is 10.1 Å². The van der Waals surface area contributed by atoms with Crippen LogP contribution in [0.1, 0.15) is 28.3 Å². The summed E-state index contributed by atoms with van der Waals surface area (Å²) in [7, 11) is 0. The highest BCUT2D eigenvalue weighted by atomic mass is 32.1. The first kappa shape index (κ1) is 17.0.